The quantitative estimate of drug-likeness (QED) is 0.643. The van der Waals surface area contributed by atoms with E-state index in [2.05, 4.69) is 5.32 Å². The number of halogens is 1. The van der Waals surface area contributed by atoms with E-state index in [1.807, 2.05) is 0 Å². The van der Waals surface area contributed by atoms with Crippen molar-refractivity contribution in [2.75, 3.05) is 31.9 Å². The van der Waals surface area contributed by atoms with Gasteiger partial charge in [-0.1, -0.05) is 6.07 Å². The fourth-order valence-corrected chi connectivity index (χ4v) is 4.16. The number of sulfonamides is 1. The fourth-order valence-electron chi connectivity index (χ4n) is 3.00. The summed E-state index contributed by atoms with van der Waals surface area (Å²) in [5.74, 6) is 0.0979. The van der Waals surface area contributed by atoms with Gasteiger partial charge in [-0.3, -0.25) is 9.10 Å². The van der Waals surface area contributed by atoms with Crippen LogP contribution in [0.4, 0.5) is 10.1 Å². The van der Waals surface area contributed by atoms with E-state index in [0.717, 1.165) is 16.6 Å². The Morgan fingerprint density at radius 1 is 1.10 bits per heavy atom. The van der Waals surface area contributed by atoms with Crippen LogP contribution >= 0.6 is 0 Å². The highest BCUT2D eigenvalue weighted by Gasteiger charge is 2.29. The SMILES string of the molecule is COc1cc(CNC(=O)[C@@H](C)N(c2cccc(F)c2)S(C)(=O)=O)cc(OC)c1OC. The molecule has 0 aliphatic heterocycles. The number of amides is 1. The lowest BCUT2D eigenvalue weighted by Crippen LogP contribution is -2.47. The summed E-state index contributed by atoms with van der Waals surface area (Å²) < 4.78 is 54.9. The molecule has 0 fully saturated rings. The van der Waals surface area contributed by atoms with Crippen molar-refractivity contribution < 1.29 is 31.8 Å². The molecule has 0 spiro atoms. The second-order valence-electron chi connectivity index (χ2n) is 6.47. The number of hydrogen-bond acceptors (Lipinski definition) is 6. The van der Waals surface area contributed by atoms with Crippen LogP contribution in [0.2, 0.25) is 0 Å². The van der Waals surface area contributed by atoms with Gasteiger partial charge in [0.2, 0.25) is 21.7 Å². The molecule has 1 N–H and O–H groups in total. The van der Waals surface area contributed by atoms with Crippen molar-refractivity contribution >= 4 is 21.6 Å². The number of benzene rings is 2. The first-order valence-electron chi connectivity index (χ1n) is 8.94. The maximum atomic E-state index is 13.6. The first-order chi connectivity index (χ1) is 14.1. The first-order valence-corrected chi connectivity index (χ1v) is 10.8. The molecule has 0 aromatic heterocycles. The van der Waals surface area contributed by atoms with Crippen LogP contribution in [-0.4, -0.2) is 48.0 Å². The number of nitrogens with one attached hydrogen (secondary N) is 1. The average Bonchev–Trinajstić information content (AvgIpc) is 2.70. The lowest BCUT2D eigenvalue weighted by Gasteiger charge is -2.28. The lowest BCUT2D eigenvalue weighted by molar-refractivity contribution is -0.122. The Kier molecular flexibility index (Phi) is 7.49. The van der Waals surface area contributed by atoms with Crippen molar-refractivity contribution in [1.82, 2.24) is 5.32 Å². The van der Waals surface area contributed by atoms with Gasteiger partial charge in [0.05, 0.1) is 33.3 Å². The number of nitrogens with zero attached hydrogens (tertiary/aromatic N) is 1. The smallest absolute Gasteiger partial charge is 0.243 e. The molecule has 10 heteroatoms. The van der Waals surface area contributed by atoms with E-state index in [-0.39, 0.29) is 12.2 Å². The van der Waals surface area contributed by atoms with Crippen molar-refractivity contribution in [3.8, 4) is 17.2 Å². The second kappa shape index (κ2) is 9.66. The lowest BCUT2D eigenvalue weighted by atomic mass is 10.1. The van der Waals surface area contributed by atoms with Crippen LogP contribution in [0.5, 0.6) is 17.2 Å². The third-order valence-electron chi connectivity index (χ3n) is 4.34. The standard InChI is InChI=1S/C20H25FN2O6S/c1-13(23(30(5,25)26)16-8-6-7-15(21)11-16)20(24)22-12-14-9-17(27-2)19(29-4)18(10-14)28-3/h6-11,13H,12H2,1-5H3,(H,22,24)/t13-/m1/s1. The fraction of sp³-hybridized carbons (Fsp3) is 0.350. The van der Waals surface area contributed by atoms with Gasteiger partial charge in [0.25, 0.3) is 0 Å². The normalized spacial score (nSPS) is 12.1. The van der Waals surface area contributed by atoms with Crippen LogP contribution in [0, 0.1) is 5.82 Å². The Morgan fingerprint density at radius 2 is 1.70 bits per heavy atom. The predicted octanol–water partition coefficient (Wildman–Crippen LogP) is 2.32. The molecular weight excluding hydrogens is 415 g/mol. The van der Waals surface area contributed by atoms with Crippen molar-refractivity contribution in [2.45, 2.75) is 19.5 Å². The summed E-state index contributed by atoms with van der Waals surface area (Å²) in [6.45, 7) is 1.51. The molecule has 2 rings (SSSR count). The maximum absolute atomic E-state index is 13.6. The molecule has 0 aliphatic carbocycles. The van der Waals surface area contributed by atoms with Gasteiger partial charge >= 0.3 is 0 Å². The molecular formula is C20H25FN2O6S. The average molecular weight is 440 g/mol. The van der Waals surface area contributed by atoms with E-state index in [4.69, 9.17) is 14.2 Å². The van der Waals surface area contributed by atoms with Gasteiger partial charge in [-0.15, -0.1) is 0 Å². The molecule has 0 heterocycles. The maximum Gasteiger partial charge on any atom is 0.243 e. The highest BCUT2D eigenvalue weighted by molar-refractivity contribution is 7.92. The molecule has 0 bridgehead atoms. The van der Waals surface area contributed by atoms with Crippen LogP contribution in [0.3, 0.4) is 0 Å². The zero-order valence-electron chi connectivity index (χ0n) is 17.4. The third-order valence-corrected chi connectivity index (χ3v) is 5.58. The summed E-state index contributed by atoms with van der Waals surface area (Å²) >= 11 is 0. The number of carbonyl (C=O) groups is 1. The molecule has 1 amide bonds. The van der Waals surface area contributed by atoms with E-state index in [1.165, 1.54) is 46.5 Å². The Hall–Kier alpha value is -3.01. The topological polar surface area (TPSA) is 94.2 Å². The Labute approximate surface area is 175 Å². The summed E-state index contributed by atoms with van der Waals surface area (Å²) in [6, 6.07) is 7.30. The number of rotatable bonds is 9. The van der Waals surface area contributed by atoms with E-state index in [9.17, 15) is 17.6 Å². The highest BCUT2D eigenvalue weighted by atomic mass is 32.2. The van der Waals surface area contributed by atoms with E-state index in [1.54, 1.807) is 12.1 Å². The number of anilines is 1. The number of methoxy groups -OCH3 is 3. The van der Waals surface area contributed by atoms with Crippen LogP contribution in [0.1, 0.15) is 12.5 Å². The van der Waals surface area contributed by atoms with Gasteiger partial charge in [0.1, 0.15) is 11.9 Å². The highest BCUT2D eigenvalue weighted by Crippen LogP contribution is 2.38. The molecule has 1 atom stereocenters. The van der Waals surface area contributed by atoms with Crippen molar-refractivity contribution in [2.24, 2.45) is 0 Å². The molecule has 8 nitrogen and oxygen atoms in total. The van der Waals surface area contributed by atoms with Crippen LogP contribution in [-0.2, 0) is 21.4 Å². The molecule has 2 aromatic rings. The van der Waals surface area contributed by atoms with Gasteiger partial charge in [0.15, 0.2) is 11.5 Å². The van der Waals surface area contributed by atoms with Gasteiger partial charge in [-0.05, 0) is 42.8 Å². The summed E-state index contributed by atoms with van der Waals surface area (Å²) in [4.78, 5) is 12.7. The molecule has 0 radical (unpaired) electrons. The summed E-state index contributed by atoms with van der Waals surface area (Å²) in [5.41, 5.74) is 0.717. The summed E-state index contributed by atoms with van der Waals surface area (Å²) in [7, 11) is 0.593. The molecule has 0 saturated heterocycles. The van der Waals surface area contributed by atoms with E-state index in [0.29, 0.717) is 22.8 Å². The predicted molar refractivity (Wildman–Crippen MR) is 111 cm³/mol. The molecule has 30 heavy (non-hydrogen) atoms. The van der Waals surface area contributed by atoms with E-state index >= 15 is 0 Å². The zero-order valence-corrected chi connectivity index (χ0v) is 18.2. The van der Waals surface area contributed by atoms with Crippen LogP contribution in [0.15, 0.2) is 36.4 Å². The molecule has 0 saturated carbocycles. The van der Waals surface area contributed by atoms with Crippen molar-refractivity contribution in [1.29, 1.82) is 0 Å². The Bertz CT molecular complexity index is 987. The number of hydrogen-bond donors (Lipinski definition) is 1. The largest absolute Gasteiger partial charge is 0.493 e. The summed E-state index contributed by atoms with van der Waals surface area (Å²) in [5, 5.41) is 2.69. The minimum Gasteiger partial charge on any atom is -0.493 e. The summed E-state index contributed by atoms with van der Waals surface area (Å²) in [6.07, 6.45) is 0.959. The van der Waals surface area contributed by atoms with E-state index < -0.39 is 27.8 Å². The van der Waals surface area contributed by atoms with Gasteiger partial charge in [0, 0.05) is 6.54 Å². The molecule has 164 valence electrons. The van der Waals surface area contributed by atoms with Crippen LogP contribution < -0.4 is 23.8 Å². The van der Waals surface area contributed by atoms with Gasteiger partial charge < -0.3 is 19.5 Å². The number of carbonyl (C=O) groups excluding carboxylic acids is 1. The second-order valence-corrected chi connectivity index (χ2v) is 8.33. The molecule has 0 aliphatic rings. The Morgan fingerprint density at radius 3 is 2.17 bits per heavy atom. The third kappa shape index (κ3) is 5.32. The van der Waals surface area contributed by atoms with Crippen LogP contribution in [0.25, 0.3) is 0 Å². The minimum atomic E-state index is -3.84. The molecule has 2 aromatic carbocycles. The number of ether oxygens (including phenoxy) is 3. The Balaban J connectivity index is 2.24. The monoisotopic (exact) mass is 440 g/mol. The molecule has 0 unspecified atom stereocenters. The van der Waals surface area contributed by atoms with Gasteiger partial charge in [-0.2, -0.15) is 0 Å². The van der Waals surface area contributed by atoms with Crippen molar-refractivity contribution in [3.63, 3.8) is 0 Å². The first kappa shape index (κ1) is 23.3. The van der Waals surface area contributed by atoms with Crippen molar-refractivity contribution in [3.05, 3.63) is 47.8 Å². The van der Waals surface area contributed by atoms with Gasteiger partial charge in [-0.25, -0.2) is 12.8 Å². The zero-order chi connectivity index (χ0) is 22.5. The minimum absolute atomic E-state index is 0.0629.